The molecule has 7 nitrogen and oxygen atoms in total. The Morgan fingerprint density at radius 1 is 1.00 bits per heavy atom. The third-order valence-corrected chi connectivity index (χ3v) is 6.18. The summed E-state index contributed by atoms with van der Waals surface area (Å²) < 4.78 is 28.1. The third kappa shape index (κ3) is 3.49. The van der Waals surface area contributed by atoms with Crippen LogP contribution < -0.4 is 9.62 Å². The smallest absolute Gasteiger partial charge is 0.289 e. The first-order chi connectivity index (χ1) is 12.0. The highest BCUT2D eigenvalue weighted by molar-refractivity contribution is 7.93. The number of benzene rings is 2. The molecule has 1 saturated heterocycles. The van der Waals surface area contributed by atoms with Gasteiger partial charge < -0.3 is 5.32 Å². The number of anilines is 1. The summed E-state index contributed by atoms with van der Waals surface area (Å²) in [6.45, 7) is 1.42. The summed E-state index contributed by atoms with van der Waals surface area (Å²) in [7, 11) is -4.07. The van der Waals surface area contributed by atoms with Gasteiger partial charge in [0.05, 0.1) is 10.6 Å². The third-order valence-electron chi connectivity index (χ3n) is 4.25. The van der Waals surface area contributed by atoms with E-state index in [0.717, 1.165) is 0 Å². The van der Waals surface area contributed by atoms with Gasteiger partial charge in [-0.05, 0) is 44.1 Å². The quantitative estimate of drug-likeness (QED) is 0.652. The number of piperidine rings is 1. The van der Waals surface area contributed by atoms with Crippen molar-refractivity contribution >= 4 is 21.4 Å². The van der Waals surface area contributed by atoms with Crippen LogP contribution in [-0.4, -0.2) is 32.5 Å². The van der Waals surface area contributed by atoms with E-state index in [4.69, 9.17) is 0 Å². The topological polar surface area (TPSA) is 92.5 Å². The molecule has 1 aliphatic rings. The van der Waals surface area contributed by atoms with Crippen LogP contribution in [0.4, 0.5) is 11.4 Å². The van der Waals surface area contributed by atoms with E-state index in [2.05, 4.69) is 5.32 Å². The van der Waals surface area contributed by atoms with Crippen molar-refractivity contribution in [1.82, 2.24) is 5.32 Å². The summed E-state index contributed by atoms with van der Waals surface area (Å²) in [5, 5.41) is 14.5. The SMILES string of the molecule is O=[N+]([O-])c1ccccc1S(=O)(=O)N(c1ccccc1)C1CCNCC1. The van der Waals surface area contributed by atoms with Crippen molar-refractivity contribution < 1.29 is 13.3 Å². The van der Waals surface area contributed by atoms with Crippen LogP contribution in [0.5, 0.6) is 0 Å². The Morgan fingerprint density at radius 3 is 2.24 bits per heavy atom. The molecule has 3 rings (SSSR count). The Labute approximate surface area is 146 Å². The van der Waals surface area contributed by atoms with E-state index in [1.54, 1.807) is 24.3 Å². The summed E-state index contributed by atoms with van der Waals surface area (Å²) in [5.41, 5.74) is 0.116. The van der Waals surface area contributed by atoms with Gasteiger partial charge in [0.2, 0.25) is 0 Å². The second-order valence-electron chi connectivity index (χ2n) is 5.84. The van der Waals surface area contributed by atoms with Crippen LogP contribution in [0.1, 0.15) is 12.8 Å². The lowest BCUT2D eigenvalue weighted by atomic mass is 10.1. The van der Waals surface area contributed by atoms with Crippen molar-refractivity contribution in [3.63, 3.8) is 0 Å². The lowest BCUT2D eigenvalue weighted by molar-refractivity contribution is -0.387. The van der Waals surface area contributed by atoms with Crippen molar-refractivity contribution in [2.24, 2.45) is 0 Å². The molecule has 0 bridgehead atoms. The maximum atomic E-state index is 13.4. The maximum Gasteiger partial charge on any atom is 0.289 e. The average molecular weight is 361 g/mol. The summed E-state index contributed by atoms with van der Waals surface area (Å²) in [6.07, 6.45) is 1.30. The zero-order chi connectivity index (χ0) is 17.9. The maximum absolute atomic E-state index is 13.4. The molecule has 1 aliphatic heterocycles. The average Bonchev–Trinajstić information content (AvgIpc) is 2.63. The Hall–Kier alpha value is -2.45. The van der Waals surface area contributed by atoms with E-state index in [1.165, 1.54) is 28.6 Å². The second-order valence-corrected chi connectivity index (χ2v) is 7.63. The lowest BCUT2D eigenvalue weighted by Gasteiger charge is -2.35. The first kappa shape index (κ1) is 17.4. The molecule has 1 N–H and O–H groups in total. The molecule has 0 atom stereocenters. The van der Waals surface area contributed by atoms with Gasteiger partial charge in [0.15, 0.2) is 4.90 Å². The molecule has 1 heterocycles. The standard InChI is InChI=1S/C17H19N3O4S/c21-20(22)16-8-4-5-9-17(16)25(23,24)19(14-6-2-1-3-7-14)15-10-12-18-13-11-15/h1-9,15,18H,10-13H2. The molecular formula is C17H19N3O4S. The van der Waals surface area contributed by atoms with Gasteiger partial charge >= 0.3 is 0 Å². The molecule has 25 heavy (non-hydrogen) atoms. The first-order valence-corrected chi connectivity index (χ1v) is 9.49. The van der Waals surface area contributed by atoms with Crippen LogP contribution in [0.2, 0.25) is 0 Å². The predicted molar refractivity (Wildman–Crippen MR) is 95.1 cm³/mol. The van der Waals surface area contributed by atoms with Gasteiger partial charge in [-0.1, -0.05) is 30.3 Å². The number of hydrogen-bond donors (Lipinski definition) is 1. The summed E-state index contributed by atoms with van der Waals surface area (Å²) in [6, 6.07) is 14.0. The molecule has 0 saturated carbocycles. The predicted octanol–water partition coefficient (Wildman–Crippen LogP) is 2.54. The van der Waals surface area contributed by atoms with Gasteiger partial charge in [0, 0.05) is 12.1 Å². The van der Waals surface area contributed by atoms with E-state index in [9.17, 15) is 18.5 Å². The number of nitrogens with one attached hydrogen (secondary N) is 1. The van der Waals surface area contributed by atoms with Gasteiger partial charge in [-0.25, -0.2) is 8.42 Å². The molecule has 0 spiro atoms. The number of sulfonamides is 1. The Morgan fingerprint density at radius 2 is 1.60 bits per heavy atom. The van der Waals surface area contributed by atoms with Crippen molar-refractivity contribution in [3.8, 4) is 0 Å². The van der Waals surface area contributed by atoms with Gasteiger partial charge in [-0.15, -0.1) is 0 Å². The second kappa shape index (κ2) is 7.20. The Balaban J connectivity index is 2.13. The van der Waals surface area contributed by atoms with E-state index < -0.39 is 20.6 Å². The van der Waals surface area contributed by atoms with Crippen LogP contribution in [-0.2, 0) is 10.0 Å². The molecule has 0 amide bonds. The fourth-order valence-corrected chi connectivity index (χ4v) is 4.97. The Kier molecular flexibility index (Phi) is 5.00. The normalized spacial score (nSPS) is 15.7. The highest BCUT2D eigenvalue weighted by Gasteiger charge is 2.36. The Bertz CT molecular complexity index is 849. The molecule has 0 unspecified atom stereocenters. The van der Waals surface area contributed by atoms with Gasteiger partial charge in [0.1, 0.15) is 0 Å². The summed E-state index contributed by atoms with van der Waals surface area (Å²) >= 11 is 0. The molecule has 0 aliphatic carbocycles. The minimum absolute atomic E-state index is 0.242. The number of nitro benzene ring substituents is 1. The first-order valence-electron chi connectivity index (χ1n) is 8.05. The fraction of sp³-hybridized carbons (Fsp3) is 0.294. The molecular weight excluding hydrogens is 342 g/mol. The number of hydrogen-bond acceptors (Lipinski definition) is 5. The van der Waals surface area contributed by atoms with Gasteiger partial charge in [-0.2, -0.15) is 0 Å². The largest absolute Gasteiger partial charge is 0.317 e. The summed E-state index contributed by atoms with van der Waals surface area (Å²) in [4.78, 5) is 10.4. The van der Waals surface area contributed by atoms with Gasteiger partial charge in [-0.3, -0.25) is 14.4 Å². The molecule has 0 radical (unpaired) electrons. The fourth-order valence-electron chi connectivity index (χ4n) is 3.09. The van der Waals surface area contributed by atoms with Crippen LogP contribution >= 0.6 is 0 Å². The van der Waals surface area contributed by atoms with Crippen molar-refractivity contribution in [3.05, 3.63) is 64.7 Å². The van der Waals surface area contributed by atoms with Crippen LogP contribution in [0.25, 0.3) is 0 Å². The zero-order valence-corrected chi connectivity index (χ0v) is 14.4. The molecule has 1 fully saturated rings. The van der Waals surface area contributed by atoms with E-state index in [-0.39, 0.29) is 10.9 Å². The molecule has 132 valence electrons. The molecule has 0 aromatic heterocycles. The summed E-state index contributed by atoms with van der Waals surface area (Å²) in [5.74, 6) is 0. The van der Waals surface area contributed by atoms with Crippen molar-refractivity contribution in [2.45, 2.75) is 23.8 Å². The van der Waals surface area contributed by atoms with E-state index in [1.807, 2.05) is 6.07 Å². The number of rotatable bonds is 5. The van der Waals surface area contributed by atoms with E-state index >= 15 is 0 Å². The molecule has 8 heteroatoms. The van der Waals surface area contributed by atoms with Crippen LogP contribution in [0.15, 0.2) is 59.5 Å². The van der Waals surface area contributed by atoms with Gasteiger partial charge in [0.25, 0.3) is 15.7 Å². The van der Waals surface area contributed by atoms with Crippen LogP contribution in [0, 0.1) is 10.1 Å². The van der Waals surface area contributed by atoms with E-state index in [0.29, 0.717) is 31.6 Å². The monoisotopic (exact) mass is 361 g/mol. The van der Waals surface area contributed by atoms with Crippen molar-refractivity contribution in [2.75, 3.05) is 17.4 Å². The highest BCUT2D eigenvalue weighted by atomic mass is 32.2. The molecule has 2 aromatic rings. The number of para-hydroxylation sites is 2. The van der Waals surface area contributed by atoms with Crippen LogP contribution in [0.3, 0.4) is 0 Å². The molecule has 2 aromatic carbocycles. The van der Waals surface area contributed by atoms with Crippen molar-refractivity contribution in [1.29, 1.82) is 0 Å². The highest BCUT2D eigenvalue weighted by Crippen LogP contribution is 2.33. The minimum Gasteiger partial charge on any atom is -0.317 e. The minimum atomic E-state index is -4.07. The lowest BCUT2D eigenvalue weighted by Crippen LogP contribution is -2.46. The zero-order valence-electron chi connectivity index (χ0n) is 13.5. The number of nitro groups is 1. The number of nitrogens with zero attached hydrogens (tertiary/aromatic N) is 2.